The van der Waals surface area contributed by atoms with E-state index in [9.17, 15) is 0 Å². The molecule has 2 nitrogen and oxygen atoms in total. The summed E-state index contributed by atoms with van der Waals surface area (Å²) in [7, 11) is 0. The van der Waals surface area contributed by atoms with Crippen LogP contribution < -0.4 is 4.90 Å². The van der Waals surface area contributed by atoms with Gasteiger partial charge in [-0.1, -0.05) is 182 Å². The van der Waals surface area contributed by atoms with E-state index < -0.39 is 5.41 Å². The van der Waals surface area contributed by atoms with E-state index in [-0.39, 0.29) is 0 Å². The van der Waals surface area contributed by atoms with Gasteiger partial charge in [0.05, 0.1) is 16.5 Å². The number of hydrogen-bond acceptors (Lipinski definition) is 3. The summed E-state index contributed by atoms with van der Waals surface area (Å²) in [6.45, 7) is 0. The van der Waals surface area contributed by atoms with Gasteiger partial charge in [-0.3, -0.25) is 0 Å². The van der Waals surface area contributed by atoms with E-state index in [1.807, 2.05) is 11.3 Å². The van der Waals surface area contributed by atoms with Crippen LogP contribution in [-0.4, -0.2) is 0 Å². The minimum absolute atomic E-state index is 0.603. The number of fused-ring (bicyclic) bond motifs is 9. The lowest BCUT2D eigenvalue weighted by Gasteiger charge is -2.35. The van der Waals surface area contributed by atoms with E-state index in [1.54, 1.807) is 0 Å². The van der Waals surface area contributed by atoms with Gasteiger partial charge in [-0.15, -0.1) is 11.3 Å². The average Bonchev–Trinajstić information content (AvgIpc) is 4.03. The van der Waals surface area contributed by atoms with Crippen LogP contribution in [-0.2, 0) is 5.41 Å². The van der Waals surface area contributed by atoms with E-state index in [0.717, 1.165) is 44.6 Å². The molecule has 13 rings (SSSR count). The van der Waals surface area contributed by atoms with Crippen molar-refractivity contribution in [2.75, 3.05) is 4.90 Å². The molecule has 2 aromatic heterocycles. The highest BCUT2D eigenvalue weighted by atomic mass is 32.1. The second kappa shape index (κ2) is 14.6. The summed E-state index contributed by atoms with van der Waals surface area (Å²) in [6, 6.07) is 86.6. The van der Waals surface area contributed by atoms with Gasteiger partial charge in [0.2, 0.25) is 0 Å². The van der Waals surface area contributed by atoms with Crippen molar-refractivity contribution in [3.63, 3.8) is 0 Å². The summed E-state index contributed by atoms with van der Waals surface area (Å²) in [5, 5.41) is 4.73. The smallest absolute Gasteiger partial charge is 0.137 e. The van der Waals surface area contributed by atoms with E-state index in [2.05, 4.69) is 241 Å². The first-order chi connectivity index (χ1) is 31.7. The Hall–Kier alpha value is -7.98. The molecule has 10 aromatic carbocycles. The molecule has 12 aromatic rings. The molecule has 0 N–H and O–H groups in total. The molecular weight excluding hydrogens is 795 g/mol. The Morgan fingerprint density at radius 2 is 1.03 bits per heavy atom. The normalized spacial score (nSPS) is 14.3. The predicted molar refractivity (Wildman–Crippen MR) is 269 cm³/mol. The van der Waals surface area contributed by atoms with Gasteiger partial charge in [0.25, 0.3) is 0 Å². The van der Waals surface area contributed by atoms with Gasteiger partial charge < -0.3 is 9.32 Å². The second-order valence-electron chi connectivity index (χ2n) is 16.7. The Labute approximate surface area is 375 Å². The molecule has 64 heavy (non-hydrogen) atoms. The standard InChI is InChI=1S/C61H39NOS/c1-4-17-40(18-5-1)42-33-36-55-51(37-42)60-54(30-16-31-56(60)63-55)62(46-34-35-49-48-25-11-13-32-57(48)64-58(49)39-46)45-24-14-23-44(38-45)61(43-21-8-3-9-22-43)52-28-12-10-26-50(52)59-47(27-15-29-53(59)61)41-19-6-2-7-20-41/h1-39H. The van der Waals surface area contributed by atoms with Crippen LogP contribution in [0.15, 0.2) is 241 Å². The topological polar surface area (TPSA) is 16.4 Å². The van der Waals surface area contributed by atoms with Gasteiger partial charge in [0, 0.05) is 36.9 Å². The first-order valence-electron chi connectivity index (χ1n) is 21.9. The van der Waals surface area contributed by atoms with Crippen LogP contribution in [0.25, 0.3) is 75.5 Å². The molecule has 3 heteroatoms. The monoisotopic (exact) mass is 833 g/mol. The Bertz CT molecular complexity index is 3740. The minimum Gasteiger partial charge on any atom is -0.456 e. The van der Waals surface area contributed by atoms with Crippen molar-refractivity contribution in [1.82, 2.24) is 0 Å². The number of anilines is 3. The second-order valence-corrected chi connectivity index (χ2v) is 17.8. The van der Waals surface area contributed by atoms with Crippen LogP contribution in [0.5, 0.6) is 0 Å². The molecule has 0 bridgehead atoms. The van der Waals surface area contributed by atoms with Crippen molar-refractivity contribution in [3.05, 3.63) is 259 Å². The zero-order valence-electron chi connectivity index (χ0n) is 34.8. The van der Waals surface area contributed by atoms with E-state index >= 15 is 0 Å². The molecular formula is C61H39NOS. The fourth-order valence-corrected chi connectivity index (χ4v) is 11.8. The van der Waals surface area contributed by atoms with Gasteiger partial charge in [-0.05, 0) is 110 Å². The van der Waals surface area contributed by atoms with Crippen molar-refractivity contribution in [1.29, 1.82) is 0 Å². The maximum atomic E-state index is 6.70. The van der Waals surface area contributed by atoms with Crippen LogP contribution in [0.4, 0.5) is 17.1 Å². The number of thiophene rings is 1. The molecule has 0 spiro atoms. The molecule has 2 heterocycles. The van der Waals surface area contributed by atoms with Crippen molar-refractivity contribution < 1.29 is 4.42 Å². The maximum Gasteiger partial charge on any atom is 0.137 e. The third-order valence-electron chi connectivity index (χ3n) is 13.3. The lowest BCUT2D eigenvalue weighted by atomic mass is 9.67. The third kappa shape index (κ3) is 5.51. The van der Waals surface area contributed by atoms with E-state index in [0.29, 0.717) is 0 Å². The number of furan rings is 1. The number of hydrogen-bond donors (Lipinski definition) is 0. The highest BCUT2D eigenvalue weighted by Crippen LogP contribution is 2.59. The summed E-state index contributed by atoms with van der Waals surface area (Å²) >= 11 is 1.85. The third-order valence-corrected chi connectivity index (χ3v) is 14.5. The number of rotatable bonds is 7. The molecule has 0 saturated carbocycles. The summed E-state index contributed by atoms with van der Waals surface area (Å²) in [5.41, 5.74) is 16.7. The van der Waals surface area contributed by atoms with Gasteiger partial charge in [0.15, 0.2) is 0 Å². The zero-order chi connectivity index (χ0) is 42.2. The summed E-state index contributed by atoms with van der Waals surface area (Å²) in [6.07, 6.45) is 0. The molecule has 0 fully saturated rings. The van der Waals surface area contributed by atoms with Crippen LogP contribution >= 0.6 is 11.3 Å². The largest absolute Gasteiger partial charge is 0.456 e. The molecule has 1 unspecified atom stereocenters. The molecule has 0 amide bonds. The Balaban J connectivity index is 1.09. The van der Waals surface area contributed by atoms with E-state index in [4.69, 9.17) is 4.42 Å². The highest BCUT2D eigenvalue weighted by molar-refractivity contribution is 7.25. The maximum absolute atomic E-state index is 6.70. The molecule has 300 valence electrons. The van der Waals surface area contributed by atoms with E-state index in [1.165, 1.54) is 70.2 Å². The van der Waals surface area contributed by atoms with Crippen molar-refractivity contribution in [3.8, 4) is 33.4 Å². The molecule has 1 aliphatic carbocycles. The molecule has 0 saturated heterocycles. The highest BCUT2D eigenvalue weighted by Gasteiger charge is 2.47. The lowest BCUT2D eigenvalue weighted by Crippen LogP contribution is -2.29. The molecule has 1 atom stereocenters. The summed E-state index contributed by atoms with van der Waals surface area (Å²) in [4.78, 5) is 2.46. The van der Waals surface area contributed by atoms with Gasteiger partial charge >= 0.3 is 0 Å². The fraction of sp³-hybridized carbons (Fsp3) is 0.0164. The van der Waals surface area contributed by atoms with Crippen LogP contribution in [0, 0.1) is 0 Å². The average molecular weight is 834 g/mol. The lowest BCUT2D eigenvalue weighted by molar-refractivity contribution is 0.669. The number of nitrogens with zero attached hydrogens (tertiary/aromatic N) is 1. The van der Waals surface area contributed by atoms with Crippen LogP contribution in [0.1, 0.15) is 22.3 Å². The Kier molecular flexibility index (Phi) is 8.34. The first kappa shape index (κ1) is 36.7. The SMILES string of the molecule is c1ccc(-c2ccc3oc4cccc(N(c5cccc(C6(c7ccccc7)c7ccccc7-c7c(-c8ccccc8)cccc76)c5)c5ccc6c(c5)sc5ccccc56)c4c3c2)cc1. The summed E-state index contributed by atoms with van der Waals surface area (Å²) < 4.78 is 9.24. The van der Waals surface area contributed by atoms with Gasteiger partial charge in [-0.2, -0.15) is 0 Å². The predicted octanol–water partition coefficient (Wildman–Crippen LogP) is 17.1. The Morgan fingerprint density at radius 1 is 0.375 bits per heavy atom. The van der Waals surface area contributed by atoms with Gasteiger partial charge in [-0.25, -0.2) is 0 Å². The fourth-order valence-electron chi connectivity index (χ4n) is 10.6. The quantitative estimate of drug-likeness (QED) is 0.159. The molecule has 1 aliphatic rings. The molecule has 0 radical (unpaired) electrons. The zero-order valence-corrected chi connectivity index (χ0v) is 35.6. The van der Waals surface area contributed by atoms with Crippen molar-refractivity contribution in [2.45, 2.75) is 5.41 Å². The van der Waals surface area contributed by atoms with Crippen LogP contribution in [0.3, 0.4) is 0 Å². The van der Waals surface area contributed by atoms with Crippen LogP contribution in [0.2, 0.25) is 0 Å². The van der Waals surface area contributed by atoms with Crippen molar-refractivity contribution >= 4 is 70.5 Å². The number of benzene rings is 10. The minimum atomic E-state index is -0.603. The van der Waals surface area contributed by atoms with Crippen molar-refractivity contribution in [2.24, 2.45) is 0 Å². The molecule has 0 aliphatic heterocycles. The summed E-state index contributed by atoms with van der Waals surface area (Å²) in [5.74, 6) is 0. The van der Waals surface area contributed by atoms with Gasteiger partial charge in [0.1, 0.15) is 11.2 Å². The first-order valence-corrected chi connectivity index (χ1v) is 22.7. The Morgan fingerprint density at radius 3 is 1.89 bits per heavy atom.